The van der Waals surface area contributed by atoms with E-state index in [-0.39, 0.29) is 12.0 Å². The molecule has 0 saturated heterocycles. The topological polar surface area (TPSA) is 58.6 Å². The summed E-state index contributed by atoms with van der Waals surface area (Å²) in [6, 6.07) is 0. The van der Waals surface area contributed by atoms with Gasteiger partial charge >= 0.3 is 6.09 Å². The van der Waals surface area contributed by atoms with Gasteiger partial charge in [0, 0.05) is 12.0 Å². The molecular weight excluding hydrogens is 242 g/mol. The highest BCUT2D eigenvalue weighted by molar-refractivity contribution is 5.67. The Morgan fingerprint density at radius 2 is 1.74 bits per heavy atom. The van der Waals surface area contributed by atoms with Gasteiger partial charge in [0.15, 0.2) is 0 Å². The average Bonchev–Trinajstić information content (AvgIpc) is 2.26. The van der Waals surface area contributed by atoms with Gasteiger partial charge in [0.25, 0.3) is 0 Å². The molecule has 0 bridgehead atoms. The van der Waals surface area contributed by atoms with Gasteiger partial charge in [-0.2, -0.15) is 0 Å². The summed E-state index contributed by atoms with van der Waals surface area (Å²) in [6.45, 7) is 10.7. The molecule has 0 unspecified atom stereocenters. The van der Waals surface area contributed by atoms with Crippen molar-refractivity contribution < 1.29 is 14.6 Å². The Morgan fingerprint density at radius 1 is 1.21 bits per heavy atom. The van der Waals surface area contributed by atoms with E-state index in [0.717, 1.165) is 25.7 Å². The molecule has 112 valence electrons. The summed E-state index contributed by atoms with van der Waals surface area (Å²) < 4.78 is 5.23. The van der Waals surface area contributed by atoms with Crippen LogP contribution >= 0.6 is 0 Å². The number of nitrogens with one attached hydrogen (secondary N) is 1. The quantitative estimate of drug-likeness (QED) is 0.829. The fraction of sp³-hybridized carbons (Fsp3) is 0.933. The van der Waals surface area contributed by atoms with Crippen molar-refractivity contribution in [3.63, 3.8) is 0 Å². The molecule has 0 spiro atoms. The smallest absolute Gasteiger partial charge is 0.407 e. The third kappa shape index (κ3) is 5.39. The van der Waals surface area contributed by atoms with Gasteiger partial charge in [-0.1, -0.05) is 13.8 Å². The first-order valence-corrected chi connectivity index (χ1v) is 7.15. The molecule has 1 fully saturated rings. The standard InChI is InChI=1S/C15H29NO3/c1-13(2,3)19-12(18)16-10-15(11-17)8-6-14(4,5)7-9-15/h17H,6-11H2,1-5H3,(H,16,18). The van der Waals surface area contributed by atoms with Crippen LogP contribution in [0.2, 0.25) is 0 Å². The normalized spacial score (nSPS) is 21.8. The third-order valence-corrected chi connectivity index (χ3v) is 4.01. The fourth-order valence-corrected chi connectivity index (χ4v) is 2.42. The molecule has 0 aromatic carbocycles. The van der Waals surface area contributed by atoms with Crippen molar-refractivity contribution in [2.24, 2.45) is 10.8 Å². The maximum atomic E-state index is 11.7. The molecule has 1 aliphatic rings. The first-order chi connectivity index (χ1) is 8.58. The van der Waals surface area contributed by atoms with E-state index >= 15 is 0 Å². The summed E-state index contributed by atoms with van der Waals surface area (Å²) in [5.74, 6) is 0. The van der Waals surface area contributed by atoms with Crippen molar-refractivity contribution >= 4 is 6.09 Å². The maximum absolute atomic E-state index is 11.7. The van der Waals surface area contributed by atoms with Gasteiger partial charge < -0.3 is 15.2 Å². The number of hydrogen-bond donors (Lipinski definition) is 2. The second-order valence-corrected chi connectivity index (χ2v) is 7.68. The molecule has 0 aromatic heterocycles. The minimum atomic E-state index is -0.481. The van der Waals surface area contributed by atoms with Crippen LogP contribution in [0.15, 0.2) is 0 Å². The van der Waals surface area contributed by atoms with E-state index in [1.165, 1.54) is 0 Å². The van der Waals surface area contributed by atoms with E-state index in [1.54, 1.807) is 0 Å². The second kappa shape index (κ2) is 5.70. The summed E-state index contributed by atoms with van der Waals surface area (Å²) in [4.78, 5) is 11.7. The predicted molar refractivity (Wildman–Crippen MR) is 76.0 cm³/mol. The molecule has 0 atom stereocenters. The molecule has 1 saturated carbocycles. The van der Waals surface area contributed by atoms with Crippen LogP contribution < -0.4 is 5.32 Å². The van der Waals surface area contributed by atoms with Gasteiger partial charge in [-0.25, -0.2) is 4.79 Å². The van der Waals surface area contributed by atoms with Gasteiger partial charge in [-0.05, 0) is 51.9 Å². The van der Waals surface area contributed by atoms with Gasteiger partial charge in [0.1, 0.15) is 5.60 Å². The predicted octanol–water partition coefficient (Wildman–Crippen LogP) is 3.09. The van der Waals surface area contributed by atoms with Gasteiger partial charge in [-0.3, -0.25) is 0 Å². The molecule has 19 heavy (non-hydrogen) atoms. The van der Waals surface area contributed by atoms with E-state index in [4.69, 9.17) is 4.74 Å². The molecule has 0 aliphatic heterocycles. The minimum absolute atomic E-state index is 0.124. The Kier molecular flexibility index (Phi) is 4.88. The summed E-state index contributed by atoms with van der Waals surface area (Å²) in [7, 11) is 0. The number of aliphatic hydroxyl groups is 1. The summed E-state index contributed by atoms with van der Waals surface area (Å²) in [5.41, 5.74) is -0.304. The van der Waals surface area contributed by atoms with Crippen molar-refractivity contribution in [1.82, 2.24) is 5.32 Å². The Morgan fingerprint density at radius 3 is 2.16 bits per heavy atom. The van der Waals surface area contributed by atoms with Crippen LogP contribution in [-0.2, 0) is 4.74 Å². The molecule has 0 heterocycles. The Hall–Kier alpha value is -0.770. The molecule has 4 heteroatoms. The highest BCUT2D eigenvalue weighted by Crippen LogP contribution is 2.44. The van der Waals surface area contributed by atoms with E-state index in [0.29, 0.717) is 12.0 Å². The summed E-state index contributed by atoms with van der Waals surface area (Å²) in [5, 5.41) is 12.5. The molecule has 4 nitrogen and oxygen atoms in total. The Bertz CT molecular complexity index is 308. The van der Waals surface area contributed by atoms with E-state index < -0.39 is 11.7 Å². The molecule has 0 aromatic rings. The average molecular weight is 271 g/mol. The van der Waals surface area contributed by atoms with E-state index in [1.807, 2.05) is 20.8 Å². The first-order valence-electron chi connectivity index (χ1n) is 7.15. The minimum Gasteiger partial charge on any atom is -0.444 e. The third-order valence-electron chi connectivity index (χ3n) is 4.01. The number of carbonyl (C=O) groups excluding carboxylic acids is 1. The maximum Gasteiger partial charge on any atom is 0.407 e. The summed E-state index contributed by atoms with van der Waals surface area (Å²) in [6.07, 6.45) is 3.68. The first kappa shape index (κ1) is 16.3. The van der Waals surface area contributed by atoms with Crippen LogP contribution in [0.4, 0.5) is 4.79 Å². The molecule has 2 N–H and O–H groups in total. The van der Waals surface area contributed by atoms with Crippen LogP contribution in [0.25, 0.3) is 0 Å². The highest BCUT2D eigenvalue weighted by atomic mass is 16.6. The largest absolute Gasteiger partial charge is 0.444 e. The van der Waals surface area contributed by atoms with Crippen molar-refractivity contribution in [3.8, 4) is 0 Å². The van der Waals surface area contributed by atoms with Crippen molar-refractivity contribution in [2.45, 2.75) is 65.9 Å². The van der Waals surface area contributed by atoms with Gasteiger partial charge in [-0.15, -0.1) is 0 Å². The number of aliphatic hydroxyl groups excluding tert-OH is 1. The van der Waals surface area contributed by atoms with Crippen molar-refractivity contribution in [3.05, 3.63) is 0 Å². The molecule has 1 rings (SSSR count). The van der Waals surface area contributed by atoms with Gasteiger partial charge in [0.2, 0.25) is 0 Å². The number of amides is 1. The van der Waals surface area contributed by atoms with E-state index in [2.05, 4.69) is 19.2 Å². The zero-order valence-electron chi connectivity index (χ0n) is 13.0. The van der Waals surface area contributed by atoms with Gasteiger partial charge in [0.05, 0.1) is 6.61 Å². The number of rotatable bonds is 3. The van der Waals surface area contributed by atoms with Crippen LogP contribution in [0, 0.1) is 10.8 Å². The molecule has 0 radical (unpaired) electrons. The van der Waals surface area contributed by atoms with Crippen molar-refractivity contribution in [1.29, 1.82) is 0 Å². The Labute approximate surface area is 116 Å². The highest BCUT2D eigenvalue weighted by Gasteiger charge is 2.38. The van der Waals surface area contributed by atoms with Crippen LogP contribution in [0.1, 0.15) is 60.3 Å². The lowest BCUT2D eigenvalue weighted by Gasteiger charge is -2.42. The lowest BCUT2D eigenvalue weighted by molar-refractivity contribution is 0.0268. The lowest BCUT2D eigenvalue weighted by atomic mass is 9.65. The number of ether oxygens (including phenoxy) is 1. The molecule has 1 aliphatic carbocycles. The SMILES string of the molecule is CC1(C)CCC(CO)(CNC(=O)OC(C)(C)C)CC1. The van der Waals surface area contributed by atoms with Crippen LogP contribution in [-0.4, -0.2) is 30.0 Å². The monoisotopic (exact) mass is 271 g/mol. The zero-order chi connectivity index (χ0) is 14.7. The Balaban J connectivity index is 2.48. The number of alkyl carbamates (subject to hydrolysis) is 1. The molecule has 1 amide bonds. The second-order valence-electron chi connectivity index (χ2n) is 7.68. The number of carbonyl (C=O) groups is 1. The van der Waals surface area contributed by atoms with Crippen LogP contribution in [0.3, 0.4) is 0 Å². The van der Waals surface area contributed by atoms with Crippen LogP contribution in [0.5, 0.6) is 0 Å². The van der Waals surface area contributed by atoms with E-state index in [9.17, 15) is 9.90 Å². The van der Waals surface area contributed by atoms with Crippen molar-refractivity contribution in [2.75, 3.05) is 13.2 Å². The summed E-state index contributed by atoms with van der Waals surface area (Å²) >= 11 is 0. The lowest BCUT2D eigenvalue weighted by Crippen LogP contribution is -2.45. The zero-order valence-corrected chi connectivity index (χ0v) is 13.0. The fourth-order valence-electron chi connectivity index (χ4n) is 2.42. The molecular formula is C15H29NO3. The number of hydrogen-bond acceptors (Lipinski definition) is 3.